The van der Waals surface area contributed by atoms with Crippen LogP contribution < -0.4 is 0 Å². The van der Waals surface area contributed by atoms with Gasteiger partial charge in [-0.2, -0.15) is 0 Å². The molecule has 3 atom stereocenters. The molecule has 0 aromatic heterocycles. The quantitative estimate of drug-likeness (QED) is 0.623. The molecule has 1 heteroatoms. The van der Waals surface area contributed by atoms with Gasteiger partial charge in [0.2, 0.25) is 0 Å². The third-order valence-electron chi connectivity index (χ3n) is 3.05. The van der Waals surface area contributed by atoms with Crippen LogP contribution in [0.4, 0.5) is 0 Å². The highest BCUT2D eigenvalue weighted by atomic mass is 32.2. The van der Waals surface area contributed by atoms with Crippen molar-refractivity contribution in [2.75, 3.05) is 6.26 Å². The Bertz CT molecular complexity index is 333. The van der Waals surface area contributed by atoms with Crippen LogP contribution in [0.5, 0.6) is 0 Å². The molecule has 15 heavy (non-hydrogen) atoms. The summed E-state index contributed by atoms with van der Waals surface area (Å²) in [5.41, 5.74) is 0. The second-order valence-corrected chi connectivity index (χ2v) is 6.52. The van der Waals surface area contributed by atoms with E-state index in [2.05, 4.69) is 55.7 Å². The molecule has 0 amide bonds. The van der Waals surface area contributed by atoms with Gasteiger partial charge < -0.3 is 0 Å². The fraction of sp³-hybridized carbons (Fsp3) is 0.429. The summed E-state index contributed by atoms with van der Waals surface area (Å²) in [5.74, 6) is 0.729. The minimum Gasteiger partial charge on any atom is -0.0792 e. The van der Waals surface area contributed by atoms with Gasteiger partial charge in [-0.25, -0.2) is 0 Å². The van der Waals surface area contributed by atoms with Crippen LogP contribution in [0.15, 0.2) is 47.4 Å². The number of rotatable bonds is 2. The smallest absolute Gasteiger partial charge is 0.0792 e. The highest BCUT2D eigenvalue weighted by molar-refractivity contribution is 8.00. The van der Waals surface area contributed by atoms with Crippen molar-refractivity contribution in [1.82, 2.24) is 0 Å². The highest BCUT2D eigenvalue weighted by Gasteiger charge is 2.27. The molecule has 0 fully saturated rings. The van der Waals surface area contributed by atoms with Gasteiger partial charge in [0, 0.05) is 17.3 Å². The van der Waals surface area contributed by atoms with Gasteiger partial charge in [0.15, 0.2) is 4.91 Å². The van der Waals surface area contributed by atoms with E-state index in [9.17, 15) is 0 Å². The SMILES string of the molecule is CC1C=CC([S+](C)C2C=CC=CC2)=CC1. The number of allylic oxidation sites excluding steroid dienone is 6. The molecule has 2 aliphatic carbocycles. The molecule has 0 saturated carbocycles. The van der Waals surface area contributed by atoms with E-state index in [1.165, 1.54) is 12.8 Å². The third-order valence-corrected chi connectivity index (χ3v) is 5.35. The lowest BCUT2D eigenvalue weighted by atomic mass is 10.0. The van der Waals surface area contributed by atoms with E-state index in [4.69, 9.17) is 0 Å². The molecule has 0 aliphatic heterocycles. The Balaban J connectivity index is 2.02. The number of hydrogen-bond donors (Lipinski definition) is 0. The maximum absolute atomic E-state index is 2.43. The van der Waals surface area contributed by atoms with Crippen molar-refractivity contribution in [1.29, 1.82) is 0 Å². The summed E-state index contributed by atoms with van der Waals surface area (Å²) < 4.78 is 0. The summed E-state index contributed by atoms with van der Waals surface area (Å²) >= 11 is 0. The van der Waals surface area contributed by atoms with Gasteiger partial charge >= 0.3 is 0 Å². The van der Waals surface area contributed by atoms with Crippen LogP contribution in [-0.2, 0) is 10.9 Å². The average Bonchev–Trinajstić information content (AvgIpc) is 2.30. The van der Waals surface area contributed by atoms with Gasteiger partial charge in [-0.1, -0.05) is 31.2 Å². The molecule has 0 nitrogen and oxygen atoms in total. The van der Waals surface area contributed by atoms with E-state index < -0.39 is 0 Å². The van der Waals surface area contributed by atoms with Crippen LogP contribution in [-0.4, -0.2) is 11.5 Å². The monoisotopic (exact) mass is 219 g/mol. The summed E-state index contributed by atoms with van der Waals surface area (Å²) in [5, 5.41) is 0.722. The van der Waals surface area contributed by atoms with Gasteiger partial charge in [-0.05, 0) is 30.6 Å². The summed E-state index contributed by atoms with van der Waals surface area (Å²) in [7, 11) is 0.378. The Morgan fingerprint density at radius 3 is 2.67 bits per heavy atom. The van der Waals surface area contributed by atoms with E-state index in [0.29, 0.717) is 10.9 Å². The van der Waals surface area contributed by atoms with Crippen LogP contribution in [0.2, 0.25) is 0 Å². The summed E-state index contributed by atoms with van der Waals surface area (Å²) in [6.45, 7) is 2.28. The first-order valence-electron chi connectivity index (χ1n) is 5.64. The van der Waals surface area contributed by atoms with E-state index >= 15 is 0 Å². The zero-order valence-corrected chi connectivity index (χ0v) is 10.3. The summed E-state index contributed by atoms with van der Waals surface area (Å²) in [4.78, 5) is 1.55. The van der Waals surface area contributed by atoms with Gasteiger partial charge in [-0.3, -0.25) is 0 Å². The second-order valence-electron chi connectivity index (χ2n) is 4.32. The van der Waals surface area contributed by atoms with E-state index in [-0.39, 0.29) is 0 Å². The average molecular weight is 219 g/mol. The maximum Gasteiger partial charge on any atom is 0.150 e. The fourth-order valence-corrected chi connectivity index (χ4v) is 3.67. The number of hydrogen-bond acceptors (Lipinski definition) is 0. The third kappa shape index (κ3) is 2.66. The van der Waals surface area contributed by atoms with E-state index in [1.54, 1.807) is 4.91 Å². The molecule has 2 rings (SSSR count). The Hall–Kier alpha value is -0.690. The summed E-state index contributed by atoms with van der Waals surface area (Å²) in [6, 6.07) is 0. The predicted octanol–water partition coefficient (Wildman–Crippen LogP) is 3.60. The molecule has 0 radical (unpaired) electrons. The Kier molecular flexibility index (Phi) is 3.53. The minimum absolute atomic E-state index is 0.378. The van der Waals surface area contributed by atoms with Crippen LogP contribution in [0, 0.1) is 5.92 Å². The largest absolute Gasteiger partial charge is 0.150 e. The van der Waals surface area contributed by atoms with E-state index in [0.717, 1.165) is 11.2 Å². The molecule has 3 unspecified atom stereocenters. The summed E-state index contributed by atoms with van der Waals surface area (Å²) in [6.07, 6.45) is 20.9. The van der Waals surface area contributed by atoms with Gasteiger partial charge in [0.25, 0.3) is 0 Å². The first-order chi connectivity index (χ1) is 7.27. The van der Waals surface area contributed by atoms with Crippen molar-refractivity contribution >= 4 is 10.9 Å². The Morgan fingerprint density at radius 2 is 2.07 bits per heavy atom. The van der Waals surface area contributed by atoms with Gasteiger partial charge in [-0.15, -0.1) is 0 Å². The minimum atomic E-state index is 0.378. The second kappa shape index (κ2) is 4.89. The molecule has 0 aromatic rings. The zero-order chi connectivity index (χ0) is 10.7. The van der Waals surface area contributed by atoms with Gasteiger partial charge in [0.1, 0.15) is 11.5 Å². The molecule has 0 saturated heterocycles. The molecule has 80 valence electrons. The normalized spacial score (nSPS) is 31.5. The van der Waals surface area contributed by atoms with Crippen LogP contribution in [0.3, 0.4) is 0 Å². The molecule has 0 heterocycles. The Morgan fingerprint density at radius 1 is 1.20 bits per heavy atom. The molecule has 0 N–H and O–H groups in total. The van der Waals surface area contributed by atoms with Crippen molar-refractivity contribution in [3.63, 3.8) is 0 Å². The first-order valence-corrected chi connectivity index (χ1v) is 7.33. The molecular weight excluding hydrogens is 200 g/mol. The predicted molar refractivity (Wildman–Crippen MR) is 71.0 cm³/mol. The van der Waals surface area contributed by atoms with Crippen molar-refractivity contribution in [2.24, 2.45) is 5.92 Å². The van der Waals surface area contributed by atoms with Crippen molar-refractivity contribution < 1.29 is 0 Å². The lowest BCUT2D eigenvalue weighted by Crippen LogP contribution is -2.20. The van der Waals surface area contributed by atoms with Crippen molar-refractivity contribution in [2.45, 2.75) is 25.0 Å². The zero-order valence-electron chi connectivity index (χ0n) is 9.52. The van der Waals surface area contributed by atoms with Crippen LogP contribution >= 0.6 is 0 Å². The van der Waals surface area contributed by atoms with Crippen molar-refractivity contribution in [3.8, 4) is 0 Å². The standard InChI is InChI=1S/C14H19S/c1-12-8-10-14(11-9-12)15(2)13-6-4-3-5-7-13/h3-6,8,10-13H,7,9H2,1-2H3/q+1. The highest BCUT2D eigenvalue weighted by Crippen LogP contribution is 2.26. The molecule has 0 aromatic carbocycles. The fourth-order valence-electron chi connectivity index (χ4n) is 1.94. The lowest BCUT2D eigenvalue weighted by molar-refractivity contribution is 0.735. The molecule has 0 spiro atoms. The van der Waals surface area contributed by atoms with E-state index in [1.807, 2.05) is 0 Å². The van der Waals surface area contributed by atoms with Crippen molar-refractivity contribution in [3.05, 3.63) is 47.4 Å². The Labute approximate surface area is 95.8 Å². The topological polar surface area (TPSA) is 0 Å². The molecular formula is C14H19S+. The van der Waals surface area contributed by atoms with Crippen LogP contribution in [0.1, 0.15) is 19.8 Å². The van der Waals surface area contributed by atoms with Crippen LogP contribution in [0.25, 0.3) is 0 Å². The maximum atomic E-state index is 2.43. The first kappa shape index (κ1) is 10.8. The molecule has 0 bridgehead atoms. The van der Waals surface area contributed by atoms with Gasteiger partial charge in [0.05, 0.1) is 0 Å². The molecule has 2 aliphatic rings. The lowest BCUT2D eigenvalue weighted by Gasteiger charge is -2.16.